The SMILES string of the molecule is CC(C)C(NCc1cc(Cl)ccc1F)c1ccc(F)cc1. The van der Waals surface area contributed by atoms with Gasteiger partial charge >= 0.3 is 0 Å². The summed E-state index contributed by atoms with van der Waals surface area (Å²) < 4.78 is 26.7. The van der Waals surface area contributed by atoms with Crippen molar-refractivity contribution >= 4 is 11.6 Å². The summed E-state index contributed by atoms with van der Waals surface area (Å²) in [6.45, 7) is 4.50. The molecule has 2 aromatic rings. The minimum absolute atomic E-state index is 0.0176. The third-order valence-corrected chi connectivity index (χ3v) is 3.65. The summed E-state index contributed by atoms with van der Waals surface area (Å²) in [7, 11) is 0. The number of hydrogen-bond acceptors (Lipinski definition) is 1. The van der Waals surface area contributed by atoms with Crippen molar-refractivity contribution in [2.75, 3.05) is 0 Å². The molecule has 0 aromatic heterocycles. The first-order chi connectivity index (χ1) is 9.97. The minimum atomic E-state index is -0.284. The van der Waals surface area contributed by atoms with Crippen molar-refractivity contribution in [3.63, 3.8) is 0 Å². The first kappa shape index (κ1) is 15.9. The molecule has 0 amide bonds. The fourth-order valence-electron chi connectivity index (χ4n) is 2.31. The fraction of sp³-hybridized carbons (Fsp3) is 0.294. The molecule has 21 heavy (non-hydrogen) atoms. The van der Waals surface area contributed by atoms with Crippen molar-refractivity contribution in [3.8, 4) is 0 Å². The highest BCUT2D eigenvalue weighted by Gasteiger charge is 2.16. The van der Waals surface area contributed by atoms with E-state index < -0.39 is 0 Å². The van der Waals surface area contributed by atoms with Crippen LogP contribution in [0.4, 0.5) is 8.78 Å². The predicted molar refractivity (Wildman–Crippen MR) is 82.2 cm³/mol. The normalized spacial score (nSPS) is 12.7. The number of nitrogens with one attached hydrogen (secondary N) is 1. The van der Waals surface area contributed by atoms with Gasteiger partial charge in [-0.15, -0.1) is 0 Å². The number of hydrogen-bond donors (Lipinski definition) is 1. The topological polar surface area (TPSA) is 12.0 Å². The highest BCUT2D eigenvalue weighted by Crippen LogP contribution is 2.23. The van der Waals surface area contributed by atoms with Crippen molar-refractivity contribution in [1.29, 1.82) is 0 Å². The number of benzene rings is 2. The summed E-state index contributed by atoms with van der Waals surface area (Å²) in [6, 6.07) is 10.9. The molecule has 0 bridgehead atoms. The maximum absolute atomic E-state index is 13.7. The Labute approximate surface area is 128 Å². The zero-order chi connectivity index (χ0) is 15.4. The van der Waals surface area contributed by atoms with Gasteiger partial charge in [-0.05, 0) is 41.8 Å². The molecular formula is C17H18ClF2N. The van der Waals surface area contributed by atoms with E-state index in [1.165, 1.54) is 24.3 Å². The molecule has 0 spiro atoms. The number of halogens is 3. The fourth-order valence-corrected chi connectivity index (χ4v) is 2.50. The van der Waals surface area contributed by atoms with E-state index >= 15 is 0 Å². The molecule has 2 rings (SSSR count). The molecule has 0 saturated heterocycles. The lowest BCUT2D eigenvalue weighted by Crippen LogP contribution is -2.25. The van der Waals surface area contributed by atoms with Crippen LogP contribution in [0.5, 0.6) is 0 Å². The molecule has 0 fully saturated rings. The third kappa shape index (κ3) is 4.26. The molecule has 0 saturated carbocycles. The van der Waals surface area contributed by atoms with E-state index in [4.69, 9.17) is 11.6 Å². The van der Waals surface area contributed by atoms with E-state index in [9.17, 15) is 8.78 Å². The second kappa shape index (κ2) is 7.01. The van der Waals surface area contributed by atoms with E-state index in [0.29, 0.717) is 17.1 Å². The lowest BCUT2D eigenvalue weighted by atomic mass is 9.95. The first-order valence-electron chi connectivity index (χ1n) is 6.90. The van der Waals surface area contributed by atoms with Gasteiger partial charge in [-0.2, -0.15) is 0 Å². The summed E-state index contributed by atoms with van der Waals surface area (Å²) in [6.07, 6.45) is 0. The summed E-state index contributed by atoms with van der Waals surface area (Å²) in [5.74, 6) is -0.256. The Bertz CT molecular complexity index is 596. The number of rotatable bonds is 5. The van der Waals surface area contributed by atoms with Gasteiger partial charge in [0.25, 0.3) is 0 Å². The summed E-state index contributed by atoms with van der Waals surface area (Å²) >= 11 is 5.89. The molecule has 0 radical (unpaired) electrons. The van der Waals surface area contributed by atoms with E-state index in [1.54, 1.807) is 18.2 Å². The average molecular weight is 310 g/mol. The van der Waals surface area contributed by atoms with Gasteiger partial charge in [0.05, 0.1) is 0 Å². The highest BCUT2D eigenvalue weighted by atomic mass is 35.5. The van der Waals surface area contributed by atoms with Crippen LogP contribution in [-0.2, 0) is 6.54 Å². The van der Waals surface area contributed by atoms with Crippen LogP contribution in [0.2, 0.25) is 5.02 Å². The van der Waals surface area contributed by atoms with E-state index in [0.717, 1.165) is 5.56 Å². The summed E-state index contributed by atoms with van der Waals surface area (Å²) in [5.41, 5.74) is 1.50. The van der Waals surface area contributed by atoms with Gasteiger partial charge in [0, 0.05) is 23.2 Å². The zero-order valence-electron chi connectivity index (χ0n) is 12.0. The maximum atomic E-state index is 13.7. The van der Waals surface area contributed by atoms with Gasteiger partial charge in [0.15, 0.2) is 0 Å². The van der Waals surface area contributed by atoms with Crippen LogP contribution in [0, 0.1) is 17.6 Å². The average Bonchev–Trinajstić information content (AvgIpc) is 2.44. The second-order valence-electron chi connectivity index (χ2n) is 5.39. The Morgan fingerprint density at radius 1 is 1.05 bits per heavy atom. The Morgan fingerprint density at radius 2 is 1.71 bits per heavy atom. The van der Waals surface area contributed by atoms with Crippen LogP contribution in [0.1, 0.15) is 31.0 Å². The Balaban J connectivity index is 2.13. The zero-order valence-corrected chi connectivity index (χ0v) is 12.8. The molecule has 1 unspecified atom stereocenters. The summed E-state index contributed by atoms with van der Waals surface area (Å²) in [5, 5.41) is 3.83. The summed E-state index contributed by atoms with van der Waals surface area (Å²) in [4.78, 5) is 0. The van der Waals surface area contributed by atoms with Gasteiger partial charge in [-0.1, -0.05) is 37.6 Å². The lowest BCUT2D eigenvalue weighted by molar-refractivity contribution is 0.406. The van der Waals surface area contributed by atoms with Crippen LogP contribution in [-0.4, -0.2) is 0 Å². The molecule has 0 aliphatic carbocycles. The second-order valence-corrected chi connectivity index (χ2v) is 5.83. The van der Waals surface area contributed by atoms with Crippen molar-refractivity contribution in [2.45, 2.75) is 26.4 Å². The van der Waals surface area contributed by atoms with Crippen LogP contribution in [0.25, 0.3) is 0 Å². The molecule has 1 atom stereocenters. The van der Waals surface area contributed by atoms with Crippen LogP contribution in [0.15, 0.2) is 42.5 Å². The van der Waals surface area contributed by atoms with Gasteiger partial charge in [0.2, 0.25) is 0 Å². The Kier molecular flexibility index (Phi) is 5.32. The van der Waals surface area contributed by atoms with Crippen LogP contribution < -0.4 is 5.32 Å². The minimum Gasteiger partial charge on any atom is -0.306 e. The molecule has 112 valence electrons. The van der Waals surface area contributed by atoms with Crippen molar-refractivity contribution < 1.29 is 8.78 Å². The monoisotopic (exact) mass is 309 g/mol. The lowest BCUT2D eigenvalue weighted by Gasteiger charge is -2.23. The maximum Gasteiger partial charge on any atom is 0.127 e. The highest BCUT2D eigenvalue weighted by molar-refractivity contribution is 6.30. The van der Waals surface area contributed by atoms with Gasteiger partial charge in [0.1, 0.15) is 11.6 Å². The largest absolute Gasteiger partial charge is 0.306 e. The first-order valence-corrected chi connectivity index (χ1v) is 7.28. The quantitative estimate of drug-likeness (QED) is 0.809. The Morgan fingerprint density at radius 3 is 2.33 bits per heavy atom. The molecular weight excluding hydrogens is 292 g/mol. The van der Waals surface area contributed by atoms with Crippen LogP contribution in [0.3, 0.4) is 0 Å². The van der Waals surface area contributed by atoms with E-state index in [-0.39, 0.29) is 23.6 Å². The molecule has 2 aromatic carbocycles. The third-order valence-electron chi connectivity index (χ3n) is 3.42. The van der Waals surface area contributed by atoms with Crippen molar-refractivity contribution in [2.24, 2.45) is 5.92 Å². The molecule has 0 aliphatic heterocycles. The smallest absolute Gasteiger partial charge is 0.127 e. The van der Waals surface area contributed by atoms with Gasteiger partial charge in [-0.25, -0.2) is 8.78 Å². The van der Waals surface area contributed by atoms with Crippen molar-refractivity contribution in [1.82, 2.24) is 5.32 Å². The molecule has 1 nitrogen and oxygen atoms in total. The molecule has 4 heteroatoms. The molecule has 0 heterocycles. The van der Waals surface area contributed by atoms with E-state index in [2.05, 4.69) is 19.2 Å². The Hall–Kier alpha value is -1.45. The molecule has 1 N–H and O–H groups in total. The predicted octanol–water partition coefficient (Wildman–Crippen LogP) is 5.11. The molecule has 0 aliphatic rings. The van der Waals surface area contributed by atoms with Crippen LogP contribution >= 0.6 is 11.6 Å². The van der Waals surface area contributed by atoms with E-state index in [1.807, 2.05) is 0 Å². The van der Waals surface area contributed by atoms with Crippen molar-refractivity contribution in [3.05, 3.63) is 70.2 Å². The van der Waals surface area contributed by atoms with Gasteiger partial charge in [-0.3, -0.25) is 0 Å². The standard InChI is InChI=1S/C17H18ClF2N/c1-11(2)17(12-3-6-15(19)7-4-12)21-10-13-9-14(18)5-8-16(13)20/h3-9,11,17,21H,10H2,1-2H3. The van der Waals surface area contributed by atoms with Gasteiger partial charge < -0.3 is 5.32 Å².